The van der Waals surface area contributed by atoms with Gasteiger partial charge in [0.25, 0.3) is 0 Å². The molecule has 5 nitrogen and oxygen atoms in total. The van der Waals surface area contributed by atoms with Gasteiger partial charge in [0.1, 0.15) is 12.4 Å². The number of benzene rings is 2. The van der Waals surface area contributed by atoms with Crippen LogP contribution in [0.4, 0.5) is 27.6 Å². The first-order valence-electron chi connectivity index (χ1n) is 7.04. The molecule has 0 unspecified atom stereocenters. The summed E-state index contributed by atoms with van der Waals surface area (Å²) in [7, 11) is -4.54. The minimum absolute atomic E-state index is 0.0152. The van der Waals surface area contributed by atoms with Crippen LogP contribution in [0.1, 0.15) is 5.56 Å². The Kier molecular flexibility index (Phi) is 5.71. The highest BCUT2D eigenvalue weighted by Gasteiger charge is 2.36. The molecule has 0 bridgehead atoms. The second-order valence-corrected chi connectivity index (χ2v) is 6.63. The van der Waals surface area contributed by atoms with E-state index in [0.717, 1.165) is 24.3 Å². The second kappa shape index (κ2) is 7.46. The summed E-state index contributed by atoms with van der Waals surface area (Å²) >= 11 is 0. The third kappa shape index (κ3) is 5.05. The SMILES string of the molecule is NS(=O)(=O)c1ccc(NCCOc2ccc(F)c(F)c2)cc1C(F)(F)F. The van der Waals surface area contributed by atoms with Crippen LogP contribution >= 0.6 is 0 Å². The average Bonchev–Trinajstić information content (AvgIpc) is 2.53. The first-order chi connectivity index (χ1) is 12.0. The molecule has 0 heterocycles. The van der Waals surface area contributed by atoms with Gasteiger partial charge in [-0.2, -0.15) is 13.2 Å². The number of nitrogens with two attached hydrogens (primary N) is 1. The Morgan fingerprint density at radius 3 is 2.31 bits per heavy atom. The highest BCUT2D eigenvalue weighted by atomic mass is 32.2. The van der Waals surface area contributed by atoms with Gasteiger partial charge in [-0.1, -0.05) is 0 Å². The molecular formula is C15H13F5N2O3S. The molecule has 0 saturated heterocycles. The van der Waals surface area contributed by atoms with E-state index in [1.54, 1.807) is 0 Å². The van der Waals surface area contributed by atoms with E-state index in [1.807, 2.05) is 0 Å². The van der Waals surface area contributed by atoms with Crippen molar-refractivity contribution in [1.29, 1.82) is 0 Å². The molecule has 26 heavy (non-hydrogen) atoms. The topological polar surface area (TPSA) is 81.4 Å². The summed E-state index contributed by atoms with van der Waals surface area (Å²) in [5.74, 6) is -2.08. The minimum atomic E-state index is -4.92. The molecule has 0 saturated carbocycles. The lowest BCUT2D eigenvalue weighted by Crippen LogP contribution is -2.19. The smallest absolute Gasteiger partial charge is 0.417 e. The van der Waals surface area contributed by atoms with Crippen molar-refractivity contribution in [2.24, 2.45) is 5.14 Å². The van der Waals surface area contributed by atoms with E-state index >= 15 is 0 Å². The summed E-state index contributed by atoms with van der Waals surface area (Å²) in [5.41, 5.74) is -1.41. The molecule has 0 spiro atoms. The number of nitrogens with one attached hydrogen (secondary N) is 1. The van der Waals surface area contributed by atoms with E-state index in [4.69, 9.17) is 9.88 Å². The molecule has 142 valence electrons. The molecule has 2 aromatic carbocycles. The summed E-state index contributed by atoms with van der Waals surface area (Å²) in [5, 5.41) is 7.39. The second-order valence-electron chi connectivity index (χ2n) is 5.10. The fraction of sp³-hybridized carbons (Fsp3) is 0.200. The van der Waals surface area contributed by atoms with Gasteiger partial charge < -0.3 is 10.1 Å². The molecule has 0 aliphatic carbocycles. The van der Waals surface area contributed by atoms with Gasteiger partial charge in [0.05, 0.1) is 10.5 Å². The van der Waals surface area contributed by atoms with Crippen LogP contribution in [0.25, 0.3) is 0 Å². The lowest BCUT2D eigenvalue weighted by molar-refractivity contribution is -0.139. The van der Waals surface area contributed by atoms with Gasteiger partial charge in [-0.15, -0.1) is 0 Å². The van der Waals surface area contributed by atoms with E-state index in [-0.39, 0.29) is 24.6 Å². The highest BCUT2D eigenvalue weighted by Crippen LogP contribution is 2.35. The van der Waals surface area contributed by atoms with Gasteiger partial charge in [-0.3, -0.25) is 0 Å². The van der Waals surface area contributed by atoms with Crippen LogP contribution in [0.2, 0.25) is 0 Å². The summed E-state index contributed by atoms with van der Waals surface area (Å²) in [6.45, 7) is -0.0472. The van der Waals surface area contributed by atoms with Crippen LogP contribution in [0.3, 0.4) is 0 Å². The lowest BCUT2D eigenvalue weighted by atomic mass is 10.2. The number of rotatable bonds is 6. The van der Waals surface area contributed by atoms with Crippen molar-refractivity contribution in [2.45, 2.75) is 11.1 Å². The zero-order chi connectivity index (χ0) is 19.5. The third-order valence-corrected chi connectivity index (χ3v) is 4.15. The Morgan fingerprint density at radius 1 is 1.04 bits per heavy atom. The number of hydrogen-bond acceptors (Lipinski definition) is 4. The van der Waals surface area contributed by atoms with Crippen LogP contribution in [0, 0.1) is 11.6 Å². The maximum absolute atomic E-state index is 13.0. The molecule has 0 fully saturated rings. The Morgan fingerprint density at radius 2 is 1.73 bits per heavy atom. The van der Waals surface area contributed by atoms with E-state index in [2.05, 4.69) is 5.32 Å². The van der Waals surface area contributed by atoms with Crippen LogP contribution in [-0.2, 0) is 16.2 Å². The standard InChI is InChI=1S/C15H13F5N2O3S/c16-12-3-2-10(8-13(12)17)25-6-5-22-9-1-4-14(26(21,23)24)11(7-9)15(18,19)20/h1-4,7-8,22H,5-6H2,(H2,21,23,24). The number of hydrogen-bond donors (Lipinski definition) is 2. The van der Waals surface area contributed by atoms with Crippen molar-refractivity contribution in [3.63, 3.8) is 0 Å². The summed E-state index contributed by atoms with van der Waals surface area (Å²) in [4.78, 5) is -1.03. The van der Waals surface area contributed by atoms with Gasteiger partial charge >= 0.3 is 6.18 Å². The molecule has 0 aromatic heterocycles. The van der Waals surface area contributed by atoms with E-state index in [0.29, 0.717) is 6.07 Å². The molecule has 0 radical (unpaired) electrons. The fourth-order valence-electron chi connectivity index (χ4n) is 2.04. The summed E-state index contributed by atoms with van der Waals surface area (Å²) in [6.07, 6.45) is -4.92. The van der Waals surface area contributed by atoms with Crippen LogP contribution in [0.5, 0.6) is 5.75 Å². The molecule has 3 N–H and O–H groups in total. The number of alkyl halides is 3. The zero-order valence-corrected chi connectivity index (χ0v) is 13.8. The quantitative estimate of drug-likeness (QED) is 0.581. The summed E-state index contributed by atoms with van der Waals surface area (Å²) < 4.78 is 92.4. The molecular weight excluding hydrogens is 383 g/mol. The number of ether oxygens (including phenoxy) is 1. The molecule has 11 heteroatoms. The number of sulfonamides is 1. The van der Waals surface area contributed by atoms with E-state index in [1.165, 1.54) is 6.07 Å². The molecule has 0 aliphatic heterocycles. The van der Waals surface area contributed by atoms with E-state index in [9.17, 15) is 30.4 Å². The van der Waals surface area contributed by atoms with Crippen LogP contribution in [0.15, 0.2) is 41.3 Å². The van der Waals surface area contributed by atoms with Crippen molar-refractivity contribution < 1.29 is 35.1 Å². The fourth-order valence-corrected chi connectivity index (χ4v) is 2.78. The lowest BCUT2D eigenvalue weighted by Gasteiger charge is -2.14. The molecule has 2 aromatic rings. The predicted octanol–water partition coefficient (Wildman–Crippen LogP) is 3.12. The Labute approximate surface area is 145 Å². The molecule has 0 atom stereocenters. The monoisotopic (exact) mass is 396 g/mol. The predicted molar refractivity (Wildman–Crippen MR) is 83.2 cm³/mol. The Balaban J connectivity index is 2.04. The number of anilines is 1. The Bertz CT molecular complexity index is 901. The molecule has 2 rings (SSSR count). The summed E-state index contributed by atoms with van der Waals surface area (Å²) in [6, 6.07) is 5.37. The highest BCUT2D eigenvalue weighted by molar-refractivity contribution is 7.89. The van der Waals surface area contributed by atoms with Gasteiger partial charge in [0.15, 0.2) is 11.6 Å². The average molecular weight is 396 g/mol. The van der Waals surface area contributed by atoms with Crippen molar-refractivity contribution in [3.05, 3.63) is 53.6 Å². The van der Waals surface area contributed by atoms with Crippen molar-refractivity contribution in [2.75, 3.05) is 18.5 Å². The maximum atomic E-state index is 13.0. The number of halogens is 5. The van der Waals surface area contributed by atoms with Crippen molar-refractivity contribution >= 4 is 15.7 Å². The minimum Gasteiger partial charge on any atom is -0.492 e. The van der Waals surface area contributed by atoms with Gasteiger partial charge in [-0.25, -0.2) is 22.3 Å². The van der Waals surface area contributed by atoms with Crippen molar-refractivity contribution in [3.8, 4) is 5.75 Å². The largest absolute Gasteiger partial charge is 0.492 e. The van der Waals surface area contributed by atoms with Crippen molar-refractivity contribution in [1.82, 2.24) is 0 Å². The normalized spacial score (nSPS) is 12.1. The van der Waals surface area contributed by atoms with E-state index < -0.39 is 38.3 Å². The van der Waals surface area contributed by atoms with Gasteiger partial charge in [0, 0.05) is 18.3 Å². The van der Waals surface area contributed by atoms with Gasteiger partial charge in [-0.05, 0) is 30.3 Å². The maximum Gasteiger partial charge on any atom is 0.417 e. The third-order valence-electron chi connectivity index (χ3n) is 3.18. The first-order valence-corrected chi connectivity index (χ1v) is 8.59. The zero-order valence-electron chi connectivity index (χ0n) is 13.0. The number of primary sulfonamides is 1. The van der Waals surface area contributed by atoms with Crippen LogP contribution < -0.4 is 15.2 Å². The first kappa shape index (κ1) is 19.9. The Hall–Kier alpha value is -2.40. The van der Waals surface area contributed by atoms with Gasteiger partial charge in [0.2, 0.25) is 10.0 Å². The van der Waals surface area contributed by atoms with Crippen LogP contribution in [-0.4, -0.2) is 21.6 Å². The molecule has 0 aliphatic rings. The molecule has 0 amide bonds.